The third-order valence-electron chi connectivity index (χ3n) is 4.24. The van der Waals surface area contributed by atoms with Crippen LogP contribution in [0.4, 0.5) is 5.69 Å². The van der Waals surface area contributed by atoms with E-state index < -0.39 is 9.84 Å². The molecule has 0 radical (unpaired) electrons. The molecule has 0 fully saturated rings. The quantitative estimate of drug-likeness (QED) is 0.722. The Morgan fingerprint density at radius 2 is 1.93 bits per heavy atom. The Bertz CT molecular complexity index is 1010. The van der Waals surface area contributed by atoms with Crippen molar-refractivity contribution < 1.29 is 18.0 Å². The number of hydrogen-bond donors (Lipinski definition) is 2. The molecule has 0 aromatic heterocycles. The van der Waals surface area contributed by atoms with Crippen LogP contribution in [0.5, 0.6) is 0 Å². The molecule has 9 heteroatoms. The molecule has 2 amide bonds. The van der Waals surface area contributed by atoms with E-state index in [1.165, 1.54) is 23.9 Å². The van der Waals surface area contributed by atoms with Crippen LogP contribution in [0, 0.1) is 0 Å². The lowest BCUT2D eigenvalue weighted by molar-refractivity contribution is -0.121. The monoisotopic (exact) mass is 438 g/mol. The summed E-state index contributed by atoms with van der Waals surface area (Å²) in [6, 6.07) is 11.7. The second-order valence-corrected chi connectivity index (χ2v) is 10.3. The number of anilines is 1. The Balaban J connectivity index is 1.59. The number of halogens is 1. The van der Waals surface area contributed by atoms with Crippen molar-refractivity contribution in [2.75, 3.05) is 11.1 Å². The standard InChI is InChI=1S/C19H19ClN2O4S2/c1-12-19(24)22-16-10-15(6-7-17(16)27-12)28(25,26)9-8-18(23)21-11-13-2-4-14(20)5-3-13/h2-7,10,12H,8-9,11H2,1H3,(H,21,23)(H,22,24)/t12-/m1/s1. The molecular formula is C19H19ClN2O4S2. The number of thioether (sulfide) groups is 1. The van der Waals surface area contributed by atoms with Gasteiger partial charge >= 0.3 is 0 Å². The first-order valence-electron chi connectivity index (χ1n) is 8.60. The molecule has 148 valence electrons. The van der Waals surface area contributed by atoms with E-state index >= 15 is 0 Å². The van der Waals surface area contributed by atoms with Crippen molar-refractivity contribution in [2.24, 2.45) is 0 Å². The van der Waals surface area contributed by atoms with E-state index in [1.54, 1.807) is 37.3 Å². The summed E-state index contributed by atoms with van der Waals surface area (Å²) in [5.41, 5.74) is 1.36. The van der Waals surface area contributed by atoms with Gasteiger partial charge in [0.25, 0.3) is 0 Å². The number of rotatable bonds is 6. The van der Waals surface area contributed by atoms with Gasteiger partial charge in [0.05, 0.1) is 21.6 Å². The Morgan fingerprint density at radius 1 is 1.21 bits per heavy atom. The summed E-state index contributed by atoms with van der Waals surface area (Å²) in [6.07, 6.45) is -0.148. The fourth-order valence-corrected chi connectivity index (χ4v) is 4.94. The van der Waals surface area contributed by atoms with Gasteiger partial charge in [-0.05, 0) is 42.8 Å². The lowest BCUT2D eigenvalue weighted by Gasteiger charge is -2.21. The summed E-state index contributed by atoms with van der Waals surface area (Å²) in [5.74, 6) is -0.821. The van der Waals surface area contributed by atoms with Crippen molar-refractivity contribution in [2.45, 2.75) is 34.9 Å². The largest absolute Gasteiger partial charge is 0.352 e. The molecule has 0 saturated heterocycles. The fourth-order valence-electron chi connectivity index (χ4n) is 2.62. The molecule has 1 heterocycles. The number of fused-ring (bicyclic) bond motifs is 1. The highest BCUT2D eigenvalue weighted by Crippen LogP contribution is 2.36. The van der Waals surface area contributed by atoms with Crippen molar-refractivity contribution in [3.63, 3.8) is 0 Å². The zero-order chi connectivity index (χ0) is 20.3. The highest BCUT2D eigenvalue weighted by molar-refractivity contribution is 8.01. The van der Waals surface area contributed by atoms with Crippen molar-refractivity contribution in [3.05, 3.63) is 53.1 Å². The lowest BCUT2D eigenvalue weighted by atomic mass is 10.2. The molecule has 0 spiro atoms. The SMILES string of the molecule is C[C@H]1Sc2ccc(S(=O)(=O)CCC(=O)NCc3ccc(Cl)cc3)cc2NC1=O. The van der Waals surface area contributed by atoms with Gasteiger partial charge in [0.2, 0.25) is 11.8 Å². The molecule has 1 aliphatic heterocycles. The Labute approximate surface area is 173 Å². The Morgan fingerprint density at radius 3 is 2.64 bits per heavy atom. The fraction of sp³-hybridized carbons (Fsp3) is 0.263. The minimum absolute atomic E-state index is 0.0900. The van der Waals surface area contributed by atoms with Crippen LogP contribution in [0.2, 0.25) is 5.02 Å². The average molecular weight is 439 g/mol. The molecule has 0 bridgehead atoms. The summed E-state index contributed by atoms with van der Waals surface area (Å²) in [6.45, 7) is 2.09. The normalized spacial score (nSPS) is 16.2. The zero-order valence-electron chi connectivity index (χ0n) is 15.1. The number of carbonyl (C=O) groups is 2. The lowest BCUT2D eigenvalue weighted by Crippen LogP contribution is -2.27. The number of amides is 2. The molecule has 0 saturated carbocycles. The smallest absolute Gasteiger partial charge is 0.237 e. The first kappa shape index (κ1) is 20.7. The molecule has 6 nitrogen and oxygen atoms in total. The number of nitrogens with one attached hydrogen (secondary N) is 2. The van der Waals surface area contributed by atoms with Crippen LogP contribution in [0.1, 0.15) is 18.9 Å². The number of benzene rings is 2. The first-order valence-corrected chi connectivity index (χ1v) is 11.5. The molecule has 1 atom stereocenters. The van der Waals surface area contributed by atoms with E-state index in [-0.39, 0.29) is 34.1 Å². The number of carbonyl (C=O) groups excluding carboxylic acids is 2. The molecule has 0 unspecified atom stereocenters. The minimum atomic E-state index is -3.65. The summed E-state index contributed by atoms with van der Waals surface area (Å²) in [5, 5.41) is 5.80. The van der Waals surface area contributed by atoms with E-state index in [2.05, 4.69) is 10.6 Å². The Hall–Kier alpha value is -2.03. The maximum Gasteiger partial charge on any atom is 0.237 e. The highest BCUT2D eigenvalue weighted by atomic mass is 35.5. The van der Waals surface area contributed by atoms with Crippen molar-refractivity contribution in [1.29, 1.82) is 0 Å². The van der Waals surface area contributed by atoms with Crippen LogP contribution in [0.15, 0.2) is 52.3 Å². The zero-order valence-corrected chi connectivity index (χ0v) is 17.5. The van der Waals surface area contributed by atoms with Crippen LogP contribution in [0.25, 0.3) is 0 Å². The van der Waals surface area contributed by atoms with E-state index in [9.17, 15) is 18.0 Å². The van der Waals surface area contributed by atoms with Gasteiger partial charge < -0.3 is 10.6 Å². The van der Waals surface area contributed by atoms with Crippen LogP contribution in [-0.4, -0.2) is 31.2 Å². The van der Waals surface area contributed by atoms with Crippen LogP contribution < -0.4 is 10.6 Å². The van der Waals surface area contributed by atoms with Gasteiger partial charge in [-0.2, -0.15) is 0 Å². The third kappa shape index (κ3) is 5.06. The predicted molar refractivity (Wildman–Crippen MR) is 110 cm³/mol. The van der Waals surface area contributed by atoms with Crippen molar-refractivity contribution in [1.82, 2.24) is 5.32 Å². The molecule has 3 rings (SSSR count). The minimum Gasteiger partial charge on any atom is -0.352 e. The van der Waals surface area contributed by atoms with Crippen LogP contribution in [-0.2, 0) is 26.0 Å². The van der Waals surface area contributed by atoms with E-state index in [0.717, 1.165) is 10.5 Å². The first-order chi connectivity index (χ1) is 13.2. The molecule has 2 aromatic carbocycles. The van der Waals surface area contributed by atoms with Crippen molar-refractivity contribution >= 4 is 50.7 Å². The summed E-state index contributed by atoms with van der Waals surface area (Å²) >= 11 is 7.20. The second kappa shape index (κ2) is 8.55. The maximum absolute atomic E-state index is 12.6. The van der Waals surface area contributed by atoms with Gasteiger partial charge in [-0.15, -0.1) is 11.8 Å². The van der Waals surface area contributed by atoms with Gasteiger partial charge in [0.1, 0.15) is 0 Å². The summed E-state index contributed by atoms with van der Waals surface area (Å²) in [4.78, 5) is 24.7. The van der Waals surface area contributed by atoms with Crippen LogP contribution >= 0.6 is 23.4 Å². The van der Waals surface area contributed by atoms with Crippen LogP contribution in [0.3, 0.4) is 0 Å². The van der Waals surface area contributed by atoms with E-state index in [4.69, 9.17) is 11.6 Å². The molecule has 1 aliphatic rings. The van der Waals surface area contributed by atoms with Gasteiger partial charge in [-0.25, -0.2) is 8.42 Å². The molecular weight excluding hydrogens is 420 g/mol. The van der Waals surface area contributed by atoms with Crippen molar-refractivity contribution in [3.8, 4) is 0 Å². The molecule has 28 heavy (non-hydrogen) atoms. The Kier molecular flexibility index (Phi) is 6.32. The number of sulfone groups is 1. The molecule has 0 aliphatic carbocycles. The predicted octanol–water partition coefficient (Wildman–Crippen LogP) is 3.25. The van der Waals surface area contributed by atoms with Gasteiger partial charge in [-0.1, -0.05) is 23.7 Å². The maximum atomic E-state index is 12.6. The third-order valence-corrected chi connectivity index (χ3v) is 7.39. The molecule has 2 aromatic rings. The van der Waals surface area contributed by atoms with E-state index in [0.29, 0.717) is 17.3 Å². The second-order valence-electron chi connectivity index (χ2n) is 6.38. The summed E-state index contributed by atoms with van der Waals surface area (Å²) in [7, 11) is -3.65. The molecule has 2 N–H and O–H groups in total. The topological polar surface area (TPSA) is 92.3 Å². The summed E-state index contributed by atoms with van der Waals surface area (Å²) < 4.78 is 25.1. The van der Waals surface area contributed by atoms with Gasteiger partial charge in [0, 0.05) is 22.9 Å². The number of hydrogen-bond acceptors (Lipinski definition) is 5. The highest BCUT2D eigenvalue weighted by Gasteiger charge is 2.25. The average Bonchev–Trinajstić information content (AvgIpc) is 2.66. The van der Waals surface area contributed by atoms with Gasteiger partial charge in [-0.3, -0.25) is 9.59 Å². The van der Waals surface area contributed by atoms with Gasteiger partial charge in [0.15, 0.2) is 9.84 Å². The van der Waals surface area contributed by atoms with E-state index in [1.807, 2.05) is 0 Å².